The van der Waals surface area contributed by atoms with Gasteiger partial charge in [0, 0.05) is 17.2 Å². The standard InChI is InChI=1S/C16H17Cl2N3O2/c17-11-5-6-13(18)14(9-11)23-10-16(22)20-15-7-8-19-21(15)12-3-1-2-4-12/h5-9,12H,1-4,10H2,(H,20,22). The molecule has 122 valence electrons. The average Bonchev–Trinajstić information content (AvgIpc) is 3.19. The fourth-order valence-corrected chi connectivity index (χ4v) is 3.10. The molecule has 2 aromatic rings. The van der Waals surface area contributed by atoms with Gasteiger partial charge in [-0.2, -0.15) is 5.10 Å². The molecule has 1 amide bonds. The summed E-state index contributed by atoms with van der Waals surface area (Å²) in [6, 6.07) is 7.04. The summed E-state index contributed by atoms with van der Waals surface area (Å²) < 4.78 is 7.32. The van der Waals surface area contributed by atoms with Crippen LogP contribution in [0, 0.1) is 0 Å². The predicted molar refractivity (Wildman–Crippen MR) is 90.3 cm³/mol. The molecule has 0 bridgehead atoms. The van der Waals surface area contributed by atoms with Crippen molar-refractivity contribution in [1.82, 2.24) is 9.78 Å². The van der Waals surface area contributed by atoms with Gasteiger partial charge in [-0.15, -0.1) is 0 Å². The van der Waals surface area contributed by atoms with Gasteiger partial charge in [0.2, 0.25) is 0 Å². The van der Waals surface area contributed by atoms with Crippen LogP contribution in [0.1, 0.15) is 31.7 Å². The second kappa shape index (κ2) is 7.23. The Labute approximate surface area is 144 Å². The quantitative estimate of drug-likeness (QED) is 0.870. The molecule has 0 radical (unpaired) electrons. The van der Waals surface area contributed by atoms with Crippen LogP contribution in [0.5, 0.6) is 5.75 Å². The summed E-state index contributed by atoms with van der Waals surface area (Å²) in [6.45, 7) is -0.143. The summed E-state index contributed by atoms with van der Waals surface area (Å²) in [5, 5.41) is 8.07. The SMILES string of the molecule is O=C(COc1cc(Cl)ccc1Cl)Nc1ccnn1C1CCCC1. The zero-order valence-electron chi connectivity index (χ0n) is 12.5. The van der Waals surface area contributed by atoms with Crippen LogP contribution < -0.4 is 10.1 Å². The maximum Gasteiger partial charge on any atom is 0.263 e. The lowest BCUT2D eigenvalue weighted by Crippen LogP contribution is -2.23. The molecule has 1 aliphatic carbocycles. The maximum atomic E-state index is 12.1. The first-order valence-corrected chi connectivity index (χ1v) is 8.30. The number of amides is 1. The van der Waals surface area contributed by atoms with Crippen LogP contribution in [0.2, 0.25) is 10.0 Å². The molecular formula is C16H17Cl2N3O2. The van der Waals surface area contributed by atoms with Crippen molar-refractivity contribution >= 4 is 34.9 Å². The summed E-state index contributed by atoms with van der Waals surface area (Å²) in [5.41, 5.74) is 0. The van der Waals surface area contributed by atoms with Crippen LogP contribution in [-0.2, 0) is 4.79 Å². The van der Waals surface area contributed by atoms with Gasteiger partial charge in [0.05, 0.1) is 17.3 Å². The van der Waals surface area contributed by atoms with Crippen molar-refractivity contribution in [1.29, 1.82) is 0 Å². The number of hydrogen-bond donors (Lipinski definition) is 1. The number of rotatable bonds is 5. The number of carbonyl (C=O) groups excluding carboxylic acids is 1. The minimum atomic E-state index is -0.263. The molecule has 7 heteroatoms. The van der Waals surface area contributed by atoms with Crippen LogP contribution in [-0.4, -0.2) is 22.3 Å². The fourth-order valence-electron chi connectivity index (χ4n) is 2.76. The van der Waals surface area contributed by atoms with Crippen molar-refractivity contribution in [2.45, 2.75) is 31.7 Å². The number of halogens is 2. The molecule has 1 N–H and O–H groups in total. The Morgan fingerprint density at radius 1 is 1.30 bits per heavy atom. The molecule has 5 nitrogen and oxygen atoms in total. The molecule has 1 heterocycles. The summed E-state index contributed by atoms with van der Waals surface area (Å²) in [6.07, 6.45) is 6.30. The van der Waals surface area contributed by atoms with E-state index in [9.17, 15) is 4.79 Å². The topological polar surface area (TPSA) is 56.1 Å². The molecular weight excluding hydrogens is 337 g/mol. The number of nitrogens with one attached hydrogen (secondary N) is 1. The Hall–Kier alpha value is -1.72. The van der Waals surface area contributed by atoms with E-state index in [4.69, 9.17) is 27.9 Å². The molecule has 23 heavy (non-hydrogen) atoms. The zero-order chi connectivity index (χ0) is 16.2. The molecule has 3 rings (SSSR count). The van der Waals surface area contributed by atoms with Gasteiger partial charge in [-0.1, -0.05) is 36.0 Å². The minimum absolute atomic E-state index is 0.143. The lowest BCUT2D eigenvalue weighted by molar-refractivity contribution is -0.118. The number of hydrogen-bond acceptors (Lipinski definition) is 3. The predicted octanol–water partition coefficient (Wildman–Crippen LogP) is 4.32. The van der Waals surface area contributed by atoms with E-state index in [0.29, 0.717) is 27.7 Å². The molecule has 1 aromatic heterocycles. The van der Waals surface area contributed by atoms with Gasteiger partial charge in [0.15, 0.2) is 6.61 Å². The number of ether oxygens (including phenoxy) is 1. The van der Waals surface area contributed by atoms with E-state index in [1.165, 1.54) is 12.8 Å². The smallest absolute Gasteiger partial charge is 0.263 e. The van der Waals surface area contributed by atoms with Crippen LogP contribution in [0.4, 0.5) is 5.82 Å². The van der Waals surface area contributed by atoms with E-state index >= 15 is 0 Å². The second-order valence-electron chi connectivity index (χ2n) is 5.51. The van der Waals surface area contributed by atoms with Gasteiger partial charge in [-0.05, 0) is 25.0 Å². The molecule has 0 aliphatic heterocycles. The maximum absolute atomic E-state index is 12.1. The van der Waals surface area contributed by atoms with Crippen LogP contribution >= 0.6 is 23.2 Å². The van der Waals surface area contributed by atoms with E-state index in [0.717, 1.165) is 12.8 Å². The van der Waals surface area contributed by atoms with E-state index in [2.05, 4.69) is 10.4 Å². The van der Waals surface area contributed by atoms with E-state index in [-0.39, 0.29) is 12.5 Å². The molecule has 1 fully saturated rings. The fraction of sp³-hybridized carbons (Fsp3) is 0.375. The molecule has 0 atom stereocenters. The van der Waals surface area contributed by atoms with Crippen molar-refractivity contribution in [3.8, 4) is 5.75 Å². The summed E-state index contributed by atoms with van der Waals surface area (Å²) in [7, 11) is 0. The number of benzene rings is 1. The molecule has 1 aliphatic rings. The molecule has 1 saturated carbocycles. The highest BCUT2D eigenvalue weighted by Gasteiger charge is 2.20. The number of carbonyl (C=O) groups is 1. The Morgan fingerprint density at radius 2 is 2.09 bits per heavy atom. The van der Waals surface area contributed by atoms with Gasteiger partial charge in [0.25, 0.3) is 5.91 Å². The van der Waals surface area contributed by atoms with Crippen molar-refractivity contribution in [2.24, 2.45) is 0 Å². The monoisotopic (exact) mass is 353 g/mol. The molecule has 1 aromatic carbocycles. The zero-order valence-corrected chi connectivity index (χ0v) is 14.0. The summed E-state index contributed by atoms with van der Waals surface area (Å²) in [4.78, 5) is 12.1. The van der Waals surface area contributed by atoms with Gasteiger partial charge in [-0.25, -0.2) is 4.68 Å². The lowest BCUT2D eigenvalue weighted by atomic mass is 10.2. The first-order chi connectivity index (χ1) is 11.1. The highest BCUT2D eigenvalue weighted by atomic mass is 35.5. The van der Waals surface area contributed by atoms with E-state index < -0.39 is 0 Å². The third kappa shape index (κ3) is 3.98. The minimum Gasteiger partial charge on any atom is -0.482 e. The first kappa shape index (κ1) is 16.1. The number of aromatic nitrogens is 2. The van der Waals surface area contributed by atoms with Gasteiger partial charge in [-0.3, -0.25) is 4.79 Å². The number of nitrogens with zero attached hydrogens (tertiary/aromatic N) is 2. The molecule has 0 unspecified atom stereocenters. The van der Waals surface area contributed by atoms with E-state index in [1.807, 2.05) is 4.68 Å². The van der Waals surface area contributed by atoms with Crippen LogP contribution in [0.25, 0.3) is 0 Å². The Morgan fingerprint density at radius 3 is 2.87 bits per heavy atom. The summed E-state index contributed by atoms with van der Waals surface area (Å²) >= 11 is 11.9. The van der Waals surface area contributed by atoms with Crippen molar-refractivity contribution < 1.29 is 9.53 Å². The molecule has 0 spiro atoms. The van der Waals surface area contributed by atoms with Gasteiger partial charge < -0.3 is 10.1 Å². The highest BCUT2D eigenvalue weighted by molar-refractivity contribution is 6.34. The summed E-state index contributed by atoms with van der Waals surface area (Å²) in [5.74, 6) is 0.821. The Balaban J connectivity index is 1.59. The lowest BCUT2D eigenvalue weighted by Gasteiger charge is -2.15. The second-order valence-corrected chi connectivity index (χ2v) is 6.35. The number of anilines is 1. The third-order valence-corrected chi connectivity index (χ3v) is 4.41. The highest BCUT2D eigenvalue weighted by Crippen LogP contribution is 2.31. The first-order valence-electron chi connectivity index (χ1n) is 7.54. The van der Waals surface area contributed by atoms with Crippen molar-refractivity contribution in [2.75, 3.05) is 11.9 Å². The van der Waals surface area contributed by atoms with E-state index in [1.54, 1.807) is 30.5 Å². The van der Waals surface area contributed by atoms with Gasteiger partial charge in [0.1, 0.15) is 11.6 Å². The Kier molecular flexibility index (Phi) is 5.08. The van der Waals surface area contributed by atoms with Crippen molar-refractivity contribution in [3.05, 3.63) is 40.5 Å². The largest absolute Gasteiger partial charge is 0.482 e. The Bertz CT molecular complexity index is 696. The third-order valence-electron chi connectivity index (χ3n) is 3.86. The van der Waals surface area contributed by atoms with Crippen LogP contribution in [0.3, 0.4) is 0 Å². The van der Waals surface area contributed by atoms with Crippen LogP contribution in [0.15, 0.2) is 30.5 Å². The van der Waals surface area contributed by atoms with Gasteiger partial charge >= 0.3 is 0 Å². The average molecular weight is 354 g/mol. The molecule has 0 saturated heterocycles. The normalized spacial score (nSPS) is 14.9. The van der Waals surface area contributed by atoms with Crippen molar-refractivity contribution in [3.63, 3.8) is 0 Å².